The van der Waals surface area contributed by atoms with Crippen LogP contribution >= 0.6 is 11.6 Å². The third-order valence-corrected chi connectivity index (χ3v) is 7.18. The maximum atomic E-state index is 13.2. The van der Waals surface area contributed by atoms with Crippen molar-refractivity contribution in [1.82, 2.24) is 9.78 Å². The topological polar surface area (TPSA) is 156 Å². The molecule has 14 heteroatoms. The van der Waals surface area contributed by atoms with Crippen molar-refractivity contribution in [3.63, 3.8) is 0 Å². The van der Waals surface area contributed by atoms with E-state index in [-0.39, 0.29) is 37.3 Å². The number of aryl methyl sites for hydroxylation is 2. The highest BCUT2D eigenvalue weighted by atomic mass is 35.5. The van der Waals surface area contributed by atoms with Gasteiger partial charge in [-0.05, 0) is 37.3 Å². The Morgan fingerprint density at radius 2 is 1.67 bits per heavy atom. The summed E-state index contributed by atoms with van der Waals surface area (Å²) in [4.78, 5) is 22.8. The predicted octanol–water partition coefficient (Wildman–Crippen LogP) is 2.69. The van der Waals surface area contributed by atoms with E-state index in [1.807, 2.05) is 0 Å². The lowest BCUT2D eigenvalue weighted by atomic mass is 10.0. The van der Waals surface area contributed by atoms with Crippen LogP contribution in [0.3, 0.4) is 0 Å². The summed E-state index contributed by atoms with van der Waals surface area (Å²) < 4.78 is 55.1. The Morgan fingerprint density at radius 1 is 1.09 bits per heavy atom. The summed E-state index contributed by atoms with van der Waals surface area (Å²) in [6.45, 7) is 1.46. The zero-order chi connectivity index (χ0) is 24.7. The Bertz CT molecular complexity index is 1490. The minimum atomic E-state index is -4.49. The molecule has 0 saturated carbocycles. The summed E-state index contributed by atoms with van der Waals surface area (Å²) in [5.74, 6) is -1.14. The lowest BCUT2D eigenvalue weighted by molar-refractivity contribution is -0.384. The van der Waals surface area contributed by atoms with Gasteiger partial charge in [0, 0.05) is 31.0 Å². The van der Waals surface area contributed by atoms with Crippen LogP contribution in [0, 0.1) is 17.0 Å². The van der Waals surface area contributed by atoms with Gasteiger partial charge in [0.1, 0.15) is 10.5 Å². The maximum Gasteiger partial charge on any atom is 0.340 e. The van der Waals surface area contributed by atoms with Gasteiger partial charge in [-0.25, -0.2) is 13.1 Å². The Morgan fingerprint density at radius 3 is 2.18 bits per heavy atom. The molecule has 3 rings (SSSR count). The number of nitro groups is 1. The standard InChI is InChI=1S/C19H16ClN3O8S2/c1-11-17(18(24)15-9-8-14(10-16(15)20)32(3,27)28)19(22(2)21-11)31-33(29,30)13-6-4-12(5-7-13)23(25)26/h4-10H,1-3H3. The fraction of sp³-hybridized carbons (Fsp3) is 0.158. The molecule has 2 aromatic carbocycles. The quantitative estimate of drug-likeness (QED) is 0.200. The average Bonchev–Trinajstić information content (AvgIpc) is 2.99. The van der Waals surface area contributed by atoms with Gasteiger partial charge in [-0.15, -0.1) is 0 Å². The molecule has 0 bridgehead atoms. The number of benzene rings is 2. The van der Waals surface area contributed by atoms with Gasteiger partial charge in [0.15, 0.2) is 9.84 Å². The van der Waals surface area contributed by atoms with E-state index in [0.29, 0.717) is 0 Å². The average molecular weight is 514 g/mol. The zero-order valence-electron chi connectivity index (χ0n) is 17.3. The van der Waals surface area contributed by atoms with Crippen LogP contribution in [-0.4, -0.2) is 43.6 Å². The van der Waals surface area contributed by atoms with Gasteiger partial charge in [0.05, 0.1) is 20.5 Å². The number of hydrogen-bond acceptors (Lipinski definition) is 9. The number of ketones is 1. The Kier molecular flexibility index (Phi) is 6.33. The van der Waals surface area contributed by atoms with E-state index in [1.165, 1.54) is 26.1 Å². The van der Waals surface area contributed by atoms with Crippen molar-refractivity contribution in [3.05, 3.63) is 74.4 Å². The molecule has 174 valence electrons. The van der Waals surface area contributed by atoms with Crippen LogP contribution < -0.4 is 4.18 Å². The van der Waals surface area contributed by atoms with Crippen molar-refractivity contribution >= 4 is 43.0 Å². The van der Waals surface area contributed by atoms with E-state index >= 15 is 0 Å². The number of sulfone groups is 1. The highest BCUT2D eigenvalue weighted by Crippen LogP contribution is 2.31. The van der Waals surface area contributed by atoms with E-state index in [0.717, 1.165) is 41.3 Å². The first-order chi connectivity index (χ1) is 15.2. The lowest BCUT2D eigenvalue weighted by Crippen LogP contribution is -2.15. The minimum absolute atomic E-state index is 0.0854. The number of halogens is 1. The van der Waals surface area contributed by atoms with Crippen LogP contribution in [0.2, 0.25) is 5.02 Å². The largest absolute Gasteiger partial charge is 0.358 e. The first-order valence-electron chi connectivity index (χ1n) is 8.99. The van der Waals surface area contributed by atoms with Crippen molar-refractivity contribution in [3.8, 4) is 5.88 Å². The van der Waals surface area contributed by atoms with Crippen molar-refractivity contribution in [1.29, 1.82) is 0 Å². The highest BCUT2D eigenvalue weighted by molar-refractivity contribution is 7.90. The molecule has 11 nitrogen and oxygen atoms in total. The van der Waals surface area contributed by atoms with Gasteiger partial charge in [-0.3, -0.25) is 14.9 Å². The molecule has 0 aliphatic heterocycles. The molecule has 0 fully saturated rings. The molecule has 33 heavy (non-hydrogen) atoms. The molecule has 0 unspecified atom stereocenters. The molecular formula is C19H16ClN3O8S2. The van der Waals surface area contributed by atoms with Crippen molar-refractivity contribution in [2.75, 3.05) is 6.26 Å². The number of non-ortho nitro benzene ring substituents is 1. The van der Waals surface area contributed by atoms with E-state index in [1.54, 1.807) is 0 Å². The number of nitrogens with zero attached hydrogens (tertiary/aromatic N) is 3. The van der Waals surface area contributed by atoms with Crippen LogP contribution in [0.25, 0.3) is 0 Å². The van der Waals surface area contributed by atoms with Crippen LogP contribution in [-0.2, 0) is 27.0 Å². The number of rotatable bonds is 7. The highest BCUT2D eigenvalue weighted by Gasteiger charge is 2.29. The number of carbonyl (C=O) groups excluding carboxylic acids is 1. The Balaban J connectivity index is 2.04. The molecule has 1 heterocycles. The second kappa shape index (κ2) is 8.57. The number of carbonyl (C=O) groups is 1. The minimum Gasteiger partial charge on any atom is -0.358 e. The third-order valence-electron chi connectivity index (χ3n) is 4.53. The molecule has 3 aromatic rings. The van der Waals surface area contributed by atoms with Crippen LogP contribution in [0.4, 0.5) is 5.69 Å². The van der Waals surface area contributed by atoms with Gasteiger partial charge in [-0.1, -0.05) is 11.6 Å². The first-order valence-corrected chi connectivity index (χ1v) is 12.7. The van der Waals surface area contributed by atoms with E-state index in [2.05, 4.69) is 5.10 Å². The predicted molar refractivity (Wildman–Crippen MR) is 117 cm³/mol. The summed E-state index contributed by atoms with van der Waals surface area (Å²) in [6, 6.07) is 7.53. The maximum absolute atomic E-state index is 13.2. The van der Waals surface area contributed by atoms with Crippen molar-refractivity contribution in [2.24, 2.45) is 7.05 Å². The van der Waals surface area contributed by atoms with Crippen molar-refractivity contribution < 1.29 is 30.7 Å². The molecule has 1 aromatic heterocycles. The number of aromatic nitrogens is 2. The third kappa shape index (κ3) is 4.89. The molecule has 0 radical (unpaired) electrons. The fourth-order valence-corrected chi connectivity index (χ4v) is 4.87. The summed E-state index contributed by atoms with van der Waals surface area (Å²) in [5, 5.41) is 14.7. The van der Waals surface area contributed by atoms with Gasteiger partial charge in [0.25, 0.3) is 5.69 Å². The van der Waals surface area contributed by atoms with Crippen LogP contribution in [0.5, 0.6) is 5.88 Å². The molecule has 0 aliphatic rings. The molecule has 0 N–H and O–H groups in total. The van der Waals surface area contributed by atoms with Gasteiger partial charge in [0.2, 0.25) is 11.7 Å². The summed E-state index contributed by atoms with van der Waals surface area (Å²) in [5.41, 5.74) is -0.456. The van der Waals surface area contributed by atoms with E-state index in [9.17, 15) is 31.7 Å². The molecule has 0 aliphatic carbocycles. The molecule has 0 saturated heterocycles. The van der Waals surface area contributed by atoms with E-state index in [4.69, 9.17) is 15.8 Å². The molecular weight excluding hydrogens is 498 g/mol. The normalized spacial score (nSPS) is 11.9. The second-order valence-corrected chi connectivity index (χ2v) is 10.9. The second-order valence-electron chi connectivity index (χ2n) is 6.92. The number of nitro benzene ring substituents is 1. The monoisotopic (exact) mass is 513 g/mol. The van der Waals surface area contributed by atoms with Gasteiger partial charge < -0.3 is 4.18 Å². The van der Waals surface area contributed by atoms with E-state index < -0.39 is 36.5 Å². The fourth-order valence-electron chi connectivity index (χ4n) is 2.93. The Hall–Kier alpha value is -3.29. The van der Waals surface area contributed by atoms with Crippen LogP contribution in [0.15, 0.2) is 52.3 Å². The number of hydrogen-bond donors (Lipinski definition) is 0. The summed E-state index contributed by atoms with van der Waals surface area (Å²) in [7, 11) is -6.69. The smallest absolute Gasteiger partial charge is 0.340 e. The summed E-state index contributed by atoms with van der Waals surface area (Å²) in [6.07, 6.45) is 0.987. The SMILES string of the molecule is Cc1nn(C)c(OS(=O)(=O)c2ccc([N+](=O)[O-])cc2)c1C(=O)c1ccc(S(C)(=O)=O)cc1Cl. The summed E-state index contributed by atoms with van der Waals surface area (Å²) >= 11 is 6.13. The molecule has 0 amide bonds. The zero-order valence-corrected chi connectivity index (χ0v) is 19.7. The molecule has 0 spiro atoms. The van der Waals surface area contributed by atoms with Gasteiger partial charge in [-0.2, -0.15) is 13.5 Å². The first kappa shape index (κ1) is 24.4. The van der Waals surface area contributed by atoms with Crippen molar-refractivity contribution in [2.45, 2.75) is 16.7 Å². The Labute approximate surface area is 193 Å². The van der Waals surface area contributed by atoms with Gasteiger partial charge >= 0.3 is 10.1 Å². The van der Waals surface area contributed by atoms with Crippen LogP contribution in [0.1, 0.15) is 21.6 Å². The molecule has 0 atom stereocenters. The lowest BCUT2D eigenvalue weighted by Gasteiger charge is -2.10.